The highest BCUT2D eigenvalue weighted by Gasteiger charge is 2.25. The van der Waals surface area contributed by atoms with E-state index in [1.807, 2.05) is 25.1 Å². The summed E-state index contributed by atoms with van der Waals surface area (Å²) in [6, 6.07) is 7.30. The van der Waals surface area contributed by atoms with E-state index in [0.29, 0.717) is 16.5 Å². The number of nitrogens with one attached hydrogen (secondary N) is 1. The highest BCUT2D eigenvalue weighted by Crippen LogP contribution is 2.38. The Morgan fingerprint density at radius 1 is 1.18 bits per heavy atom. The average molecular weight is 317 g/mol. The molecule has 116 valence electrons. The van der Waals surface area contributed by atoms with Crippen molar-refractivity contribution in [1.29, 1.82) is 0 Å². The SMILES string of the molecule is Cc1ccc(C)c(S(=O)(=O)NCc2cc(C3CC3)ncn2)c1. The van der Waals surface area contributed by atoms with Gasteiger partial charge in [-0.3, -0.25) is 0 Å². The first-order valence-corrected chi connectivity index (χ1v) is 8.82. The number of rotatable bonds is 5. The molecule has 0 saturated heterocycles. The number of benzene rings is 1. The second-order valence-corrected chi connectivity index (χ2v) is 7.54. The zero-order chi connectivity index (χ0) is 15.7. The summed E-state index contributed by atoms with van der Waals surface area (Å²) in [4.78, 5) is 8.71. The van der Waals surface area contributed by atoms with Crippen LogP contribution in [-0.4, -0.2) is 18.4 Å². The van der Waals surface area contributed by atoms with Gasteiger partial charge < -0.3 is 0 Å². The van der Waals surface area contributed by atoms with Crippen LogP contribution in [0.5, 0.6) is 0 Å². The lowest BCUT2D eigenvalue weighted by Gasteiger charge is -2.10. The van der Waals surface area contributed by atoms with Gasteiger partial charge >= 0.3 is 0 Å². The summed E-state index contributed by atoms with van der Waals surface area (Å²) >= 11 is 0. The molecule has 0 spiro atoms. The Balaban J connectivity index is 1.77. The van der Waals surface area contributed by atoms with Gasteiger partial charge in [0.05, 0.1) is 17.1 Å². The lowest BCUT2D eigenvalue weighted by atomic mass is 10.2. The molecule has 0 unspecified atom stereocenters. The molecule has 1 aromatic heterocycles. The van der Waals surface area contributed by atoms with Crippen LogP contribution < -0.4 is 4.72 Å². The molecule has 1 N–H and O–H groups in total. The fourth-order valence-corrected chi connectivity index (χ4v) is 3.68. The molecule has 22 heavy (non-hydrogen) atoms. The Morgan fingerprint density at radius 2 is 1.95 bits per heavy atom. The van der Waals surface area contributed by atoms with Gasteiger partial charge in [0, 0.05) is 11.6 Å². The van der Waals surface area contributed by atoms with Crippen molar-refractivity contribution in [2.75, 3.05) is 0 Å². The van der Waals surface area contributed by atoms with E-state index in [0.717, 1.165) is 29.7 Å². The first kappa shape index (κ1) is 15.1. The van der Waals surface area contributed by atoms with Crippen LogP contribution in [0.15, 0.2) is 35.5 Å². The van der Waals surface area contributed by atoms with Gasteiger partial charge in [0.25, 0.3) is 0 Å². The van der Waals surface area contributed by atoms with E-state index in [9.17, 15) is 8.42 Å². The summed E-state index contributed by atoms with van der Waals surface area (Å²) in [7, 11) is -3.54. The number of sulfonamides is 1. The smallest absolute Gasteiger partial charge is 0.241 e. The van der Waals surface area contributed by atoms with Crippen LogP contribution >= 0.6 is 0 Å². The number of hydrogen-bond donors (Lipinski definition) is 1. The first-order valence-electron chi connectivity index (χ1n) is 7.33. The Morgan fingerprint density at radius 3 is 2.68 bits per heavy atom. The van der Waals surface area contributed by atoms with E-state index >= 15 is 0 Å². The lowest BCUT2D eigenvalue weighted by Crippen LogP contribution is -2.24. The number of hydrogen-bond acceptors (Lipinski definition) is 4. The summed E-state index contributed by atoms with van der Waals surface area (Å²) in [5, 5.41) is 0. The zero-order valence-electron chi connectivity index (χ0n) is 12.7. The molecule has 1 aliphatic rings. The minimum atomic E-state index is -3.54. The van der Waals surface area contributed by atoms with Crippen LogP contribution in [0, 0.1) is 13.8 Å². The summed E-state index contributed by atoms with van der Waals surface area (Å²) in [5.41, 5.74) is 3.37. The normalized spacial score (nSPS) is 15.0. The molecule has 6 heteroatoms. The van der Waals surface area contributed by atoms with E-state index in [1.165, 1.54) is 6.33 Å². The molecule has 0 bridgehead atoms. The molecule has 0 atom stereocenters. The molecular formula is C16H19N3O2S. The minimum absolute atomic E-state index is 0.179. The van der Waals surface area contributed by atoms with Crippen molar-refractivity contribution in [2.24, 2.45) is 0 Å². The van der Waals surface area contributed by atoms with E-state index in [2.05, 4.69) is 14.7 Å². The summed E-state index contributed by atoms with van der Waals surface area (Å²) in [6.45, 7) is 3.85. The largest absolute Gasteiger partial charge is 0.241 e. The molecule has 1 fully saturated rings. The molecule has 5 nitrogen and oxygen atoms in total. The van der Waals surface area contributed by atoms with Gasteiger partial charge in [0.1, 0.15) is 6.33 Å². The molecule has 1 aromatic carbocycles. The van der Waals surface area contributed by atoms with Crippen LogP contribution in [0.25, 0.3) is 0 Å². The van der Waals surface area contributed by atoms with Gasteiger partial charge in [-0.15, -0.1) is 0 Å². The van der Waals surface area contributed by atoms with Crippen molar-refractivity contribution in [1.82, 2.24) is 14.7 Å². The minimum Gasteiger partial charge on any atom is -0.241 e. The van der Waals surface area contributed by atoms with Crippen LogP contribution in [0.4, 0.5) is 0 Å². The van der Waals surface area contributed by atoms with Gasteiger partial charge in [0.15, 0.2) is 0 Å². The van der Waals surface area contributed by atoms with Crippen LogP contribution in [0.3, 0.4) is 0 Å². The van der Waals surface area contributed by atoms with Gasteiger partial charge in [-0.25, -0.2) is 23.1 Å². The van der Waals surface area contributed by atoms with Crippen molar-refractivity contribution in [3.8, 4) is 0 Å². The highest BCUT2D eigenvalue weighted by atomic mass is 32.2. The van der Waals surface area contributed by atoms with Crippen molar-refractivity contribution in [2.45, 2.75) is 44.0 Å². The highest BCUT2D eigenvalue weighted by molar-refractivity contribution is 7.89. The fraction of sp³-hybridized carbons (Fsp3) is 0.375. The van der Waals surface area contributed by atoms with E-state index in [-0.39, 0.29) is 6.54 Å². The van der Waals surface area contributed by atoms with Gasteiger partial charge in [-0.2, -0.15) is 0 Å². The predicted molar refractivity (Wildman–Crippen MR) is 83.9 cm³/mol. The van der Waals surface area contributed by atoms with Crippen LogP contribution in [0.1, 0.15) is 41.3 Å². The first-order chi connectivity index (χ1) is 10.5. The summed E-state index contributed by atoms with van der Waals surface area (Å²) < 4.78 is 27.5. The van der Waals surface area contributed by atoms with Gasteiger partial charge in [0.2, 0.25) is 10.0 Å². The maximum atomic E-state index is 12.5. The van der Waals surface area contributed by atoms with Crippen LogP contribution in [-0.2, 0) is 16.6 Å². The van der Waals surface area contributed by atoms with E-state index < -0.39 is 10.0 Å². The second kappa shape index (κ2) is 5.78. The lowest BCUT2D eigenvalue weighted by molar-refractivity contribution is 0.579. The standard InChI is InChI=1S/C16H19N3O2S/c1-11-3-4-12(2)16(7-11)22(20,21)19-9-14-8-15(13-5-6-13)18-10-17-14/h3-4,7-8,10,13,19H,5-6,9H2,1-2H3. The van der Waals surface area contributed by atoms with E-state index in [1.54, 1.807) is 13.0 Å². The molecule has 3 rings (SSSR count). The third-order valence-electron chi connectivity index (χ3n) is 3.82. The predicted octanol–water partition coefficient (Wildman–Crippen LogP) is 2.45. The summed E-state index contributed by atoms with van der Waals surface area (Å²) in [6.07, 6.45) is 3.82. The maximum absolute atomic E-state index is 12.5. The molecule has 0 radical (unpaired) electrons. The third-order valence-corrected chi connectivity index (χ3v) is 5.36. The number of aryl methyl sites for hydroxylation is 2. The molecule has 1 aliphatic carbocycles. The molecule has 2 aromatic rings. The maximum Gasteiger partial charge on any atom is 0.241 e. The number of aromatic nitrogens is 2. The Kier molecular flexibility index (Phi) is 3.97. The Labute approximate surface area is 130 Å². The second-order valence-electron chi connectivity index (χ2n) is 5.80. The quantitative estimate of drug-likeness (QED) is 0.919. The monoisotopic (exact) mass is 317 g/mol. The molecule has 1 heterocycles. The zero-order valence-corrected chi connectivity index (χ0v) is 13.5. The molecular weight excluding hydrogens is 298 g/mol. The molecule has 1 saturated carbocycles. The van der Waals surface area contributed by atoms with Crippen LogP contribution in [0.2, 0.25) is 0 Å². The van der Waals surface area contributed by atoms with E-state index in [4.69, 9.17) is 0 Å². The Hall–Kier alpha value is -1.79. The summed E-state index contributed by atoms with van der Waals surface area (Å²) in [5.74, 6) is 0.525. The fourth-order valence-electron chi connectivity index (χ4n) is 2.36. The average Bonchev–Trinajstić information content (AvgIpc) is 3.33. The van der Waals surface area contributed by atoms with Gasteiger partial charge in [-0.05, 0) is 49.9 Å². The Bertz CT molecular complexity index is 799. The van der Waals surface area contributed by atoms with Crippen molar-refractivity contribution < 1.29 is 8.42 Å². The number of nitrogens with zero attached hydrogens (tertiary/aromatic N) is 2. The third kappa shape index (κ3) is 3.34. The van der Waals surface area contributed by atoms with Crippen molar-refractivity contribution >= 4 is 10.0 Å². The topological polar surface area (TPSA) is 72.0 Å². The van der Waals surface area contributed by atoms with Crippen molar-refractivity contribution in [3.05, 3.63) is 53.1 Å². The van der Waals surface area contributed by atoms with Crippen molar-refractivity contribution in [3.63, 3.8) is 0 Å². The van der Waals surface area contributed by atoms with Gasteiger partial charge in [-0.1, -0.05) is 12.1 Å². The molecule has 0 amide bonds. The molecule has 0 aliphatic heterocycles.